The number of allylic oxidation sites excluding steroid dienone is 2. The lowest BCUT2D eigenvalue weighted by molar-refractivity contribution is 0.338. The summed E-state index contributed by atoms with van der Waals surface area (Å²) in [5, 5.41) is 8.01. The Morgan fingerprint density at radius 3 is 2.71 bits per heavy atom. The molecule has 0 aromatic heterocycles. The summed E-state index contributed by atoms with van der Waals surface area (Å²) in [6.07, 6.45) is 3.99. The van der Waals surface area contributed by atoms with E-state index in [0.29, 0.717) is 7.69 Å². The molecule has 0 amide bonds. The second-order valence-corrected chi connectivity index (χ2v) is 1.43. The van der Waals surface area contributed by atoms with Crippen LogP contribution in [0.4, 0.5) is 0 Å². The minimum absolute atomic E-state index is 0.713. The fourth-order valence-corrected chi connectivity index (χ4v) is 0.437. The molecule has 37 valence electrons. The lowest BCUT2D eigenvalue weighted by Crippen LogP contribution is -2.02. The first kappa shape index (κ1) is 4.72. The molecule has 0 aliphatic heterocycles. The maximum atomic E-state index is 8.01. The molecule has 0 saturated carbocycles. The zero-order chi connectivity index (χ0) is 5.11. The van der Waals surface area contributed by atoms with Gasteiger partial charge in [-0.25, -0.2) is 0 Å². The molecule has 0 saturated heterocycles. The van der Waals surface area contributed by atoms with Gasteiger partial charge in [0.25, 0.3) is 0 Å². The predicted octanol–water partition coefficient (Wildman–Crippen LogP) is 0.207. The third-order valence-electron chi connectivity index (χ3n) is 0.967. The average molecular weight is 96.9 g/mol. The van der Waals surface area contributed by atoms with Crippen LogP contribution < -0.4 is 0 Å². The van der Waals surface area contributed by atoms with Crippen molar-refractivity contribution < 1.29 is 9.68 Å². The Labute approximate surface area is 43.1 Å². The van der Waals surface area contributed by atoms with E-state index >= 15 is 0 Å². The molecule has 1 radical (unpaired) electrons. The molecule has 1 aliphatic carbocycles. The molecule has 0 aromatic rings. The SMILES string of the molecule is O[B]OC1=CCC1. The fraction of sp³-hybridized carbons (Fsp3) is 0.500. The molecule has 0 fully saturated rings. The van der Waals surface area contributed by atoms with Crippen molar-refractivity contribution in [2.75, 3.05) is 0 Å². The maximum absolute atomic E-state index is 8.01. The molecule has 0 spiro atoms. The smallest absolute Gasteiger partial charge is 0.541 e. The average Bonchev–Trinajstić information content (AvgIpc) is 1.55. The monoisotopic (exact) mass is 97.0 g/mol. The standard InChI is InChI=1S/C4H6BO2/c6-5-7-4-2-1-3-4/h2,6H,1,3H2. The van der Waals surface area contributed by atoms with Crippen LogP contribution in [0.25, 0.3) is 0 Å². The quantitative estimate of drug-likeness (QED) is 0.499. The minimum Gasteiger partial charge on any atom is -0.541 e. The highest BCUT2D eigenvalue weighted by Gasteiger charge is 2.04. The lowest BCUT2D eigenvalue weighted by Gasteiger charge is -2.12. The van der Waals surface area contributed by atoms with Crippen LogP contribution in [-0.4, -0.2) is 12.7 Å². The minimum atomic E-state index is 0.713. The first-order valence-electron chi connectivity index (χ1n) is 2.25. The Morgan fingerprint density at radius 1 is 1.86 bits per heavy atom. The molecule has 0 unspecified atom stereocenters. The van der Waals surface area contributed by atoms with E-state index in [2.05, 4.69) is 4.65 Å². The van der Waals surface area contributed by atoms with E-state index < -0.39 is 0 Å². The van der Waals surface area contributed by atoms with Crippen LogP contribution in [-0.2, 0) is 4.65 Å². The first-order valence-corrected chi connectivity index (χ1v) is 2.25. The van der Waals surface area contributed by atoms with Gasteiger partial charge in [-0.15, -0.1) is 0 Å². The van der Waals surface area contributed by atoms with Crippen molar-refractivity contribution in [3.63, 3.8) is 0 Å². The molecule has 2 nitrogen and oxygen atoms in total. The van der Waals surface area contributed by atoms with Crippen molar-refractivity contribution in [1.82, 2.24) is 0 Å². The van der Waals surface area contributed by atoms with Crippen molar-refractivity contribution in [2.24, 2.45) is 0 Å². The molecular formula is C4H6BO2. The Kier molecular flexibility index (Phi) is 1.37. The van der Waals surface area contributed by atoms with Gasteiger partial charge in [-0.3, -0.25) is 0 Å². The van der Waals surface area contributed by atoms with E-state index in [-0.39, 0.29) is 0 Å². The third-order valence-corrected chi connectivity index (χ3v) is 0.967. The van der Waals surface area contributed by atoms with E-state index in [1.807, 2.05) is 6.08 Å². The molecule has 0 bridgehead atoms. The van der Waals surface area contributed by atoms with Crippen LogP contribution in [0.2, 0.25) is 0 Å². The van der Waals surface area contributed by atoms with Crippen molar-refractivity contribution in [3.05, 3.63) is 11.8 Å². The molecule has 3 heteroatoms. The van der Waals surface area contributed by atoms with Crippen LogP contribution in [0.5, 0.6) is 0 Å². The summed E-state index contributed by atoms with van der Waals surface area (Å²) in [6.45, 7) is 0. The van der Waals surface area contributed by atoms with Gasteiger partial charge in [0.15, 0.2) is 0 Å². The largest absolute Gasteiger partial charge is 0.569 e. The van der Waals surface area contributed by atoms with E-state index in [0.717, 1.165) is 18.6 Å². The molecule has 0 aromatic carbocycles. The summed E-state index contributed by atoms with van der Waals surface area (Å²) in [5.41, 5.74) is 0. The van der Waals surface area contributed by atoms with Gasteiger partial charge in [-0.1, -0.05) is 0 Å². The first-order chi connectivity index (χ1) is 3.43. The molecular weight excluding hydrogens is 90.9 g/mol. The highest BCUT2D eigenvalue weighted by atomic mass is 16.5. The van der Waals surface area contributed by atoms with E-state index in [9.17, 15) is 0 Å². The second kappa shape index (κ2) is 2.03. The van der Waals surface area contributed by atoms with Gasteiger partial charge < -0.3 is 9.68 Å². The van der Waals surface area contributed by atoms with Crippen molar-refractivity contribution in [2.45, 2.75) is 12.8 Å². The molecule has 1 aliphatic rings. The number of rotatable bonds is 2. The molecule has 7 heavy (non-hydrogen) atoms. The summed E-state index contributed by atoms with van der Waals surface area (Å²) in [5.74, 6) is 0.877. The second-order valence-electron chi connectivity index (χ2n) is 1.43. The van der Waals surface area contributed by atoms with Crippen molar-refractivity contribution >= 4 is 7.69 Å². The Morgan fingerprint density at radius 2 is 2.57 bits per heavy atom. The van der Waals surface area contributed by atoms with Gasteiger partial charge >= 0.3 is 7.69 Å². The number of hydrogen-bond donors (Lipinski definition) is 1. The van der Waals surface area contributed by atoms with Gasteiger partial charge in [0.05, 0.1) is 5.76 Å². The molecule has 1 N–H and O–H groups in total. The Hall–Kier alpha value is -0.435. The summed E-state index contributed by atoms with van der Waals surface area (Å²) in [6, 6.07) is 0. The van der Waals surface area contributed by atoms with Gasteiger partial charge in [0.2, 0.25) is 0 Å². The van der Waals surface area contributed by atoms with E-state index in [1.165, 1.54) is 0 Å². The molecule has 0 atom stereocenters. The predicted molar refractivity (Wildman–Crippen MR) is 26.4 cm³/mol. The van der Waals surface area contributed by atoms with Crippen LogP contribution in [0.3, 0.4) is 0 Å². The fourth-order valence-electron chi connectivity index (χ4n) is 0.437. The normalized spacial score (nSPS) is 17.0. The Balaban J connectivity index is 2.15. The van der Waals surface area contributed by atoms with Crippen LogP contribution in [0.15, 0.2) is 11.8 Å². The van der Waals surface area contributed by atoms with Gasteiger partial charge in [0, 0.05) is 6.42 Å². The Bertz CT molecular complexity index is 89.7. The summed E-state index contributed by atoms with van der Waals surface area (Å²) in [7, 11) is 0.713. The summed E-state index contributed by atoms with van der Waals surface area (Å²) >= 11 is 0. The van der Waals surface area contributed by atoms with Crippen molar-refractivity contribution in [1.29, 1.82) is 0 Å². The lowest BCUT2D eigenvalue weighted by atomic mass is 10.1. The third kappa shape index (κ3) is 0.964. The van der Waals surface area contributed by atoms with Gasteiger partial charge in [0.1, 0.15) is 0 Å². The van der Waals surface area contributed by atoms with Crippen LogP contribution in [0, 0.1) is 0 Å². The van der Waals surface area contributed by atoms with Crippen LogP contribution >= 0.6 is 0 Å². The summed E-state index contributed by atoms with van der Waals surface area (Å²) in [4.78, 5) is 0. The molecule has 1 rings (SSSR count). The van der Waals surface area contributed by atoms with E-state index in [1.54, 1.807) is 0 Å². The zero-order valence-corrected chi connectivity index (χ0v) is 3.92. The van der Waals surface area contributed by atoms with Gasteiger partial charge in [-0.2, -0.15) is 0 Å². The molecule has 0 heterocycles. The van der Waals surface area contributed by atoms with Gasteiger partial charge in [-0.05, 0) is 12.5 Å². The zero-order valence-electron chi connectivity index (χ0n) is 3.92. The highest BCUT2D eigenvalue weighted by molar-refractivity contribution is 6.16. The number of hydrogen-bond acceptors (Lipinski definition) is 2. The van der Waals surface area contributed by atoms with Crippen molar-refractivity contribution in [3.8, 4) is 0 Å². The maximum Gasteiger partial charge on any atom is 0.569 e. The highest BCUT2D eigenvalue weighted by Crippen LogP contribution is 2.17. The topological polar surface area (TPSA) is 29.5 Å². The van der Waals surface area contributed by atoms with Crippen LogP contribution in [0.1, 0.15) is 12.8 Å². The summed E-state index contributed by atoms with van der Waals surface area (Å²) < 4.78 is 4.57. The van der Waals surface area contributed by atoms with E-state index in [4.69, 9.17) is 5.02 Å².